The van der Waals surface area contributed by atoms with E-state index in [-0.39, 0.29) is 0 Å². The van der Waals surface area contributed by atoms with Crippen LogP contribution in [-0.2, 0) is 4.79 Å². The fourth-order valence-corrected chi connectivity index (χ4v) is 3.62. The molecule has 0 amide bonds. The van der Waals surface area contributed by atoms with Crippen molar-refractivity contribution in [1.29, 1.82) is 0 Å². The molecule has 3 atom stereocenters. The zero-order chi connectivity index (χ0) is 12.4. The monoisotopic (exact) mass is 237 g/mol. The second-order valence-corrected chi connectivity index (χ2v) is 6.44. The minimum atomic E-state index is 0.384. The third kappa shape index (κ3) is 3.09. The standard InChI is InChI=1S/C15H27NO/c1-11-8-12(2)13(3)16(9-11)10-15(17)14-6-4-5-7-14/h11-14H,4-10H2,1-3H3. The molecule has 2 aliphatic rings. The zero-order valence-electron chi connectivity index (χ0n) is 11.6. The first-order valence-electron chi connectivity index (χ1n) is 7.34. The molecule has 98 valence electrons. The van der Waals surface area contributed by atoms with Gasteiger partial charge in [0.2, 0.25) is 0 Å². The van der Waals surface area contributed by atoms with Crippen LogP contribution in [0.1, 0.15) is 52.9 Å². The van der Waals surface area contributed by atoms with Crippen molar-refractivity contribution >= 4 is 5.78 Å². The predicted molar refractivity (Wildman–Crippen MR) is 70.9 cm³/mol. The molecule has 1 heterocycles. The number of hydrogen-bond acceptors (Lipinski definition) is 2. The first kappa shape index (κ1) is 13.1. The van der Waals surface area contributed by atoms with Gasteiger partial charge in [-0.15, -0.1) is 0 Å². The Bertz CT molecular complexity index is 270. The number of Topliss-reactive ketones (excluding diaryl/α,β-unsaturated/α-hetero) is 1. The predicted octanol–water partition coefficient (Wildman–Crippen LogP) is 3.11. The van der Waals surface area contributed by atoms with Crippen LogP contribution < -0.4 is 0 Å². The van der Waals surface area contributed by atoms with Crippen LogP contribution in [0.4, 0.5) is 0 Å². The Morgan fingerprint density at radius 1 is 1.18 bits per heavy atom. The molecule has 1 aliphatic carbocycles. The lowest BCUT2D eigenvalue weighted by Crippen LogP contribution is -2.48. The maximum Gasteiger partial charge on any atom is 0.149 e. The Kier molecular flexibility index (Phi) is 4.24. The molecule has 0 aromatic heterocycles. The Labute approximate surface area is 106 Å². The lowest BCUT2D eigenvalue weighted by atomic mass is 9.85. The van der Waals surface area contributed by atoms with E-state index in [1.54, 1.807) is 0 Å². The second-order valence-electron chi connectivity index (χ2n) is 6.44. The van der Waals surface area contributed by atoms with Crippen LogP contribution in [0.5, 0.6) is 0 Å². The van der Waals surface area contributed by atoms with Crippen LogP contribution in [0.25, 0.3) is 0 Å². The van der Waals surface area contributed by atoms with Crippen LogP contribution in [-0.4, -0.2) is 29.8 Å². The summed E-state index contributed by atoms with van der Waals surface area (Å²) >= 11 is 0. The van der Waals surface area contributed by atoms with Gasteiger partial charge in [-0.3, -0.25) is 9.69 Å². The van der Waals surface area contributed by atoms with Crippen LogP contribution in [0, 0.1) is 17.8 Å². The maximum absolute atomic E-state index is 12.2. The van der Waals surface area contributed by atoms with Crippen molar-refractivity contribution in [2.45, 2.75) is 58.9 Å². The van der Waals surface area contributed by atoms with E-state index in [0.29, 0.717) is 24.3 Å². The summed E-state index contributed by atoms with van der Waals surface area (Å²) < 4.78 is 0. The molecular weight excluding hydrogens is 210 g/mol. The van der Waals surface area contributed by atoms with Crippen molar-refractivity contribution in [3.8, 4) is 0 Å². The molecule has 2 fully saturated rings. The molecule has 1 saturated carbocycles. The van der Waals surface area contributed by atoms with Gasteiger partial charge in [0.05, 0.1) is 6.54 Å². The number of carbonyl (C=O) groups excluding carboxylic acids is 1. The van der Waals surface area contributed by atoms with Crippen LogP contribution in [0.15, 0.2) is 0 Å². The molecule has 3 unspecified atom stereocenters. The molecule has 0 aromatic rings. The number of carbonyl (C=O) groups is 1. The van der Waals surface area contributed by atoms with Gasteiger partial charge in [-0.2, -0.15) is 0 Å². The van der Waals surface area contributed by atoms with Crippen LogP contribution >= 0.6 is 0 Å². The highest BCUT2D eigenvalue weighted by atomic mass is 16.1. The molecule has 0 bridgehead atoms. The fraction of sp³-hybridized carbons (Fsp3) is 0.933. The summed E-state index contributed by atoms with van der Waals surface area (Å²) in [7, 11) is 0. The second kappa shape index (κ2) is 5.51. The molecule has 0 aromatic carbocycles. The van der Waals surface area contributed by atoms with E-state index in [4.69, 9.17) is 0 Å². The smallest absolute Gasteiger partial charge is 0.149 e. The average Bonchev–Trinajstić information content (AvgIpc) is 2.78. The van der Waals surface area contributed by atoms with Gasteiger partial charge in [0.1, 0.15) is 5.78 Å². The summed E-state index contributed by atoms with van der Waals surface area (Å²) in [5, 5.41) is 0. The highest BCUT2D eigenvalue weighted by Crippen LogP contribution is 2.29. The molecule has 2 nitrogen and oxygen atoms in total. The SMILES string of the molecule is CC1CC(C)C(C)N(CC(=O)C2CCCC2)C1. The molecule has 17 heavy (non-hydrogen) atoms. The molecular formula is C15H27NO. The maximum atomic E-state index is 12.2. The summed E-state index contributed by atoms with van der Waals surface area (Å²) in [6.07, 6.45) is 6.13. The van der Waals surface area contributed by atoms with Gasteiger partial charge >= 0.3 is 0 Å². The van der Waals surface area contributed by atoms with Gasteiger partial charge in [-0.25, -0.2) is 0 Å². The Balaban J connectivity index is 1.90. The van der Waals surface area contributed by atoms with Gasteiger partial charge in [0, 0.05) is 18.5 Å². The summed E-state index contributed by atoms with van der Waals surface area (Å²) in [6, 6.07) is 0.580. The topological polar surface area (TPSA) is 20.3 Å². The quantitative estimate of drug-likeness (QED) is 0.751. The summed E-state index contributed by atoms with van der Waals surface area (Å²) in [4.78, 5) is 14.7. The minimum Gasteiger partial charge on any atom is -0.298 e. The van der Waals surface area contributed by atoms with Crippen molar-refractivity contribution in [1.82, 2.24) is 4.90 Å². The minimum absolute atomic E-state index is 0.384. The zero-order valence-corrected chi connectivity index (χ0v) is 11.6. The highest BCUT2D eigenvalue weighted by molar-refractivity contribution is 5.83. The Morgan fingerprint density at radius 2 is 1.82 bits per heavy atom. The van der Waals surface area contributed by atoms with Crippen molar-refractivity contribution in [2.24, 2.45) is 17.8 Å². The van der Waals surface area contributed by atoms with Crippen molar-refractivity contribution < 1.29 is 4.79 Å². The van der Waals surface area contributed by atoms with Crippen molar-refractivity contribution in [2.75, 3.05) is 13.1 Å². The van der Waals surface area contributed by atoms with E-state index in [1.807, 2.05) is 0 Å². The summed E-state index contributed by atoms with van der Waals surface area (Å²) in [5.41, 5.74) is 0. The molecule has 1 saturated heterocycles. The average molecular weight is 237 g/mol. The number of piperidine rings is 1. The molecule has 2 rings (SSSR count). The Hall–Kier alpha value is -0.370. The van der Waals surface area contributed by atoms with Gasteiger partial charge in [0.15, 0.2) is 0 Å². The van der Waals surface area contributed by atoms with Gasteiger partial charge in [-0.1, -0.05) is 26.7 Å². The number of ketones is 1. The van der Waals surface area contributed by atoms with Gasteiger partial charge in [0.25, 0.3) is 0 Å². The lowest BCUT2D eigenvalue weighted by molar-refractivity contribution is -0.125. The van der Waals surface area contributed by atoms with Crippen molar-refractivity contribution in [3.05, 3.63) is 0 Å². The number of rotatable bonds is 3. The number of likely N-dealkylation sites (tertiary alicyclic amines) is 1. The third-order valence-corrected chi connectivity index (χ3v) is 4.89. The number of nitrogens with zero attached hydrogens (tertiary/aromatic N) is 1. The van der Waals surface area contributed by atoms with E-state index in [2.05, 4.69) is 25.7 Å². The van der Waals surface area contributed by atoms with E-state index in [1.165, 1.54) is 19.3 Å². The summed E-state index contributed by atoms with van der Waals surface area (Å²) in [5.74, 6) is 2.37. The molecule has 2 heteroatoms. The normalized spacial score (nSPS) is 36.3. The van der Waals surface area contributed by atoms with E-state index in [9.17, 15) is 4.79 Å². The fourth-order valence-electron chi connectivity index (χ4n) is 3.62. The van der Waals surface area contributed by atoms with Crippen LogP contribution in [0.3, 0.4) is 0 Å². The lowest BCUT2D eigenvalue weighted by Gasteiger charge is -2.41. The van der Waals surface area contributed by atoms with Gasteiger partial charge in [-0.05, 0) is 38.0 Å². The third-order valence-electron chi connectivity index (χ3n) is 4.89. The molecule has 0 spiro atoms. The first-order valence-corrected chi connectivity index (χ1v) is 7.34. The van der Waals surface area contributed by atoms with E-state index in [0.717, 1.165) is 31.2 Å². The van der Waals surface area contributed by atoms with E-state index < -0.39 is 0 Å². The molecule has 0 N–H and O–H groups in total. The highest BCUT2D eigenvalue weighted by Gasteiger charge is 2.32. The van der Waals surface area contributed by atoms with E-state index >= 15 is 0 Å². The van der Waals surface area contributed by atoms with Crippen LogP contribution in [0.2, 0.25) is 0 Å². The summed E-state index contributed by atoms with van der Waals surface area (Å²) in [6.45, 7) is 8.76. The molecule has 1 aliphatic heterocycles. The molecule has 0 radical (unpaired) electrons. The number of hydrogen-bond donors (Lipinski definition) is 0. The van der Waals surface area contributed by atoms with Crippen molar-refractivity contribution in [3.63, 3.8) is 0 Å². The largest absolute Gasteiger partial charge is 0.298 e. The van der Waals surface area contributed by atoms with Gasteiger partial charge < -0.3 is 0 Å². The Morgan fingerprint density at radius 3 is 2.47 bits per heavy atom. The first-order chi connectivity index (χ1) is 8.08.